The first-order valence-electron chi connectivity index (χ1n) is 6.24. The molecule has 94 valence electrons. The third kappa shape index (κ3) is 5.29. The monoisotopic (exact) mass is 228 g/mol. The van der Waals surface area contributed by atoms with Crippen molar-refractivity contribution in [2.24, 2.45) is 11.8 Å². The molecule has 0 aliphatic carbocycles. The van der Waals surface area contributed by atoms with Gasteiger partial charge in [0.05, 0.1) is 13.0 Å². The van der Waals surface area contributed by atoms with Crippen molar-refractivity contribution in [2.45, 2.75) is 52.4 Å². The van der Waals surface area contributed by atoms with Crippen LogP contribution in [-0.2, 0) is 14.3 Å². The standard InChI is InChI=1S/C13H24O3/c1-4-6-8-11(10-14)12(9-7-5-2)13(15)16-3/h10-12H,4-9H2,1-3H3. The van der Waals surface area contributed by atoms with Gasteiger partial charge in [-0.3, -0.25) is 4.79 Å². The Morgan fingerprint density at radius 2 is 1.75 bits per heavy atom. The molecule has 2 atom stereocenters. The van der Waals surface area contributed by atoms with E-state index in [1.54, 1.807) is 0 Å². The first-order valence-corrected chi connectivity index (χ1v) is 6.24. The number of hydrogen-bond donors (Lipinski definition) is 0. The van der Waals surface area contributed by atoms with E-state index >= 15 is 0 Å². The van der Waals surface area contributed by atoms with Gasteiger partial charge in [-0.25, -0.2) is 0 Å². The molecule has 0 N–H and O–H groups in total. The van der Waals surface area contributed by atoms with E-state index in [1.807, 2.05) is 0 Å². The fraction of sp³-hybridized carbons (Fsp3) is 0.846. The third-order valence-corrected chi connectivity index (χ3v) is 2.96. The van der Waals surface area contributed by atoms with Gasteiger partial charge in [0.2, 0.25) is 0 Å². The lowest BCUT2D eigenvalue weighted by molar-refractivity contribution is -0.149. The molecule has 0 bridgehead atoms. The Labute approximate surface area is 98.6 Å². The number of carbonyl (C=O) groups is 2. The predicted octanol–water partition coefficient (Wildman–Crippen LogP) is 2.97. The number of ether oxygens (including phenoxy) is 1. The summed E-state index contributed by atoms with van der Waals surface area (Å²) in [6.07, 6.45) is 6.52. The molecular formula is C13H24O3. The van der Waals surface area contributed by atoms with Crippen molar-refractivity contribution in [1.82, 2.24) is 0 Å². The molecule has 3 nitrogen and oxygen atoms in total. The molecule has 0 radical (unpaired) electrons. The number of carbonyl (C=O) groups excluding carboxylic acids is 2. The van der Waals surface area contributed by atoms with Gasteiger partial charge in [0.15, 0.2) is 0 Å². The molecule has 0 aliphatic heterocycles. The van der Waals surface area contributed by atoms with Crippen LogP contribution in [0.1, 0.15) is 52.4 Å². The molecule has 0 saturated heterocycles. The van der Waals surface area contributed by atoms with Gasteiger partial charge >= 0.3 is 5.97 Å². The number of rotatable bonds is 9. The molecule has 0 fully saturated rings. The van der Waals surface area contributed by atoms with E-state index in [2.05, 4.69) is 13.8 Å². The van der Waals surface area contributed by atoms with E-state index in [0.29, 0.717) is 0 Å². The normalized spacial score (nSPS) is 14.2. The lowest BCUT2D eigenvalue weighted by atomic mass is 9.85. The van der Waals surface area contributed by atoms with Crippen LogP contribution in [0.5, 0.6) is 0 Å². The van der Waals surface area contributed by atoms with Crippen LogP contribution in [0.3, 0.4) is 0 Å². The maximum Gasteiger partial charge on any atom is 0.309 e. The molecule has 0 rings (SSSR count). The highest BCUT2D eigenvalue weighted by Crippen LogP contribution is 2.23. The van der Waals surface area contributed by atoms with Crippen molar-refractivity contribution in [3.05, 3.63) is 0 Å². The minimum atomic E-state index is -0.242. The molecule has 3 heteroatoms. The lowest BCUT2D eigenvalue weighted by Gasteiger charge is -2.20. The second-order valence-corrected chi connectivity index (χ2v) is 4.21. The second kappa shape index (κ2) is 9.37. The first-order chi connectivity index (χ1) is 7.71. The summed E-state index contributed by atoms with van der Waals surface area (Å²) >= 11 is 0. The Morgan fingerprint density at radius 1 is 1.19 bits per heavy atom. The maximum absolute atomic E-state index is 11.6. The Balaban J connectivity index is 4.41. The SMILES string of the molecule is CCCCC(C=O)C(CCCC)C(=O)OC. The lowest BCUT2D eigenvalue weighted by Crippen LogP contribution is -2.26. The van der Waals surface area contributed by atoms with Crippen LogP contribution >= 0.6 is 0 Å². The van der Waals surface area contributed by atoms with Crippen LogP contribution in [0, 0.1) is 11.8 Å². The molecule has 0 aromatic rings. The molecule has 0 aromatic heterocycles. The molecule has 2 unspecified atom stereocenters. The highest BCUT2D eigenvalue weighted by atomic mass is 16.5. The number of unbranched alkanes of at least 4 members (excludes halogenated alkanes) is 2. The van der Waals surface area contributed by atoms with Gasteiger partial charge in [0.25, 0.3) is 0 Å². The molecule has 0 saturated carbocycles. The largest absolute Gasteiger partial charge is 0.469 e. The van der Waals surface area contributed by atoms with E-state index in [1.165, 1.54) is 7.11 Å². The van der Waals surface area contributed by atoms with Crippen molar-refractivity contribution >= 4 is 12.3 Å². The van der Waals surface area contributed by atoms with Gasteiger partial charge in [-0.15, -0.1) is 0 Å². The smallest absolute Gasteiger partial charge is 0.309 e. The maximum atomic E-state index is 11.6. The van der Waals surface area contributed by atoms with E-state index < -0.39 is 0 Å². The van der Waals surface area contributed by atoms with Crippen molar-refractivity contribution in [3.8, 4) is 0 Å². The summed E-state index contributed by atoms with van der Waals surface area (Å²) < 4.78 is 4.77. The van der Waals surface area contributed by atoms with Gasteiger partial charge in [-0.1, -0.05) is 39.5 Å². The van der Waals surface area contributed by atoms with Crippen molar-refractivity contribution in [3.63, 3.8) is 0 Å². The first kappa shape index (κ1) is 15.1. The molecule has 0 aromatic carbocycles. The zero-order chi connectivity index (χ0) is 12.4. The average Bonchev–Trinajstić information content (AvgIpc) is 2.32. The number of aldehydes is 1. The van der Waals surface area contributed by atoms with Crippen LogP contribution in [0.4, 0.5) is 0 Å². The van der Waals surface area contributed by atoms with E-state index in [0.717, 1.165) is 44.8 Å². The van der Waals surface area contributed by atoms with Crippen LogP contribution in [0.15, 0.2) is 0 Å². The Bertz CT molecular complexity index is 201. The predicted molar refractivity (Wildman–Crippen MR) is 64.1 cm³/mol. The fourth-order valence-corrected chi connectivity index (χ4v) is 1.89. The van der Waals surface area contributed by atoms with E-state index in [4.69, 9.17) is 4.74 Å². The quantitative estimate of drug-likeness (QED) is 0.450. The summed E-state index contributed by atoms with van der Waals surface area (Å²) in [5.74, 6) is -0.644. The van der Waals surface area contributed by atoms with Gasteiger partial charge in [-0.05, 0) is 12.8 Å². The summed E-state index contributed by atoms with van der Waals surface area (Å²) in [6, 6.07) is 0. The molecule has 0 aliphatic rings. The highest BCUT2D eigenvalue weighted by Gasteiger charge is 2.27. The van der Waals surface area contributed by atoms with Gasteiger partial charge in [0.1, 0.15) is 6.29 Å². The van der Waals surface area contributed by atoms with Crippen molar-refractivity contribution in [1.29, 1.82) is 0 Å². The Kier molecular flexibility index (Phi) is 8.87. The highest BCUT2D eigenvalue weighted by molar-refractivity contribution is 5.76. The Hall–Kier alpha value is -0.860. The van der Waals surface area contributed by atoms with E-state index in [9.17, 15) is 9.59 Å². The minimum Gasteiger partial charge on any atom is -0.469 e. The molecular weight excluding hydrogens is 204 g/mol. The van der Waals surface area contributed by atoms with Crippen molar-refractivity contribution < 1.29 is 14.3 Å². The summed E-state index contributed by atoms with van der Waals surface area (Å²) in [4.78, 5) is 22.6. The second-order valence-electron chi connectivity index (χ2n) is 4.21. The van der Waals surface area contributed by atoms with Gasteiger partial charge < -0.3 is 9.53 Å². The molecule has 0 spiro atoms. The van der Waals surface area contributed by atoms with Crippen molar-refractivity contribution in [2.75, 3.05) is 7.11 Å². The topological polar surface area (TPSA) is 43.4 Å². The van der Waals surface area contributed by atoms with Crippen LogP contribution in [-0.4, -0.2) is 19.4 Å². The van der Waals surface area contributed by atoms with Gasteiger partial charge in [-0.2, -0.15) is 0 Å². The minimum absolute atomic E-state index is 0.168. The van der Waals surface area contributed by atoms with Crippen LogP contribution < -0.4 is 0 Å². The fourth-order valence-electron chi connectivity index (χ4n) is 1.89. The molecule has 0 heterocycles. The number of esters is 1. The third-order valence-electron chi connectivity index (χ3n) is 2.96. The van der Waals surface area contributed by atoms with Crippen LogP contribution in [0.2, 0.25) is 0 Å². The summed E-state index contributed by atoms with van der Waals surface area (Å²) in [5.41, 5.74) is 0. The number of methoxy groups -OCH3 is 1. The summed E-state index contributed by atoms with van der Waals surface area (Å²) in [5, 5.41) is 0. The summed E-state index contributed by atoms with van der Waals surface area (Å²) in [7, 11) is 1.39. The molecule has 0 amide bonds. The molecule has 16 heavy (non-hydrogen) atoms. The average molecular weight is 228 g/mol. The Morgan fingerprint density at radius 3 is 2.19 bits per heavy atom. The zero-order valence-electron chi connectivity index (χ0n) is 10.7. The number of hydrogen-bond acceptors (Lipinski definition) is 3. The zero-order valence-corrected chi connectivity index (χ0v) is 10.7. The van der Waals surface area contributed by atoms with E-state index in [-0.39, 0.29) is 17.8 Å². The van der Waals surface area contributed by atoms with Gasteiger partial charge in [0, 0.05) is 5.92 Å². The summed E-state index contributed by atoms with van der Waals surface area (Å²) in [6.45, 7) is 4.16. The van der Waals surface area contributed by atoms with Crippen LogP contribution in [0.25, 0.3) is 0 Å².